The highest BCUT2D eigenvalue weighted by molar-refractivity contribution is 7.22. The number of hydrogen-bond acceptors (Lipinski definition) is 5. The summed E-state index contributed by atoms with van der Waals surface area (Å²) in [6, 6.07) is 10.7. The summed E-state index contributed by atoms with van der Waals surface area (Å²) in [4.78, 5) is 22.0. The Kier molecular flexibility index (Phi) is 6.41. The zero-order valence-corrected chi connectivity index (χ0v) is 18.2. The monoisotopic (exact) mass is 427 g/mol. The van der Waals surface area contributed by atoms with Gasteiger partial charge in [0, 0.05) is 31.7 Å². The van der Waals surface area contributed by atoms with E-state index in [1.54, 1.807) is 11.0 Å². The number of thiazole rings is 1. The summed E-state index contributed by atoms with van der Waals surface area (Å²) >= 11 is 1.36. The van der Waals surface area contributed by atoms with Gasteiger partial charge in [0.1, 0.15) is 11.3 Å². The summed E-state index contributed by atoms with van der Waals surface area (Å²) < 4.78 is 20.4. The third kappa shape index (κ3) is 4.53. The van der Waals surface area contributed by atoms with Gasteiger partial charge in [0.25, 0.3) is 5.91 Å². The van der Waals surface area contributed by atoms with E-state index in [9.17, 15) is 9.18 Å². The first-order valence-corrected chi connectivity index (χ1v) is 11.1. The van der Waals surface area contributed by atoms with Gasteiger partial charge in [-0.2, -0.15) is 0 Å². The normalized spacial score (nSPS) is 14.9. The molecule has 0 spiro atoms. The van der Waals surface area contributed by atoms with E-state index in [4.69, 9.17) is 4.74 Å². The maximum Gasteiger partial charge on any atom is 0.260 e. The van der Waals surface area contributed by atoms with Crippen molar-refractivity contribution in [3.05, 3.63) is 58.9 Å². The number of para-hydroxylation sites is 1. The lowest BCUT2D eigenvalue weighted by Crippen LogP contribution is -2.39. The van der Waals surface area contributed by atoms with Crippen molar-refractivity contribution >= 4 is 32.6 Å². The Labute approximate surface area is 180 Å². The van der Waals surface area contributed by atoms with Crippen molar-refractivity contribution in [1.82, 2.24) is 9.88 Å². The van der Waals surface area contributed by atoms with Crippen LogP contribution in [-0.2, 0) is 4.74 Å². The number of fused-ring (bicyclic) bond motifs is 1. The maximum atomic E-state index is 14.2. The Morgan fingerprint density at radius 1 is 1.23 bits per heavy atom. The maximum absolute atomic E-state index is 14.2. The molecule has 30 heavy (non-hydrogen) atoms. The summed E-state index contributed by atoms with van der Waals surface area (Å²) in [5.74, 6) is -0.448. The number of carbonyl (C=O) groups is 1. The molecule has 0 N–H and O–H groups in total. The van der Waals surface area contributed by atoms with Gasteiger partial charge >= 0.3 is 0 Å². The molecule has 1 fully saturated rings. The molecule has 0 saturated carbocycles. The highest BCUT2D eigenvalue weighted by Crippen LogP contribution is 2.31. The van der Waals surface area contributed by atoms with Gasteiger partial charge in [0.15, 0.2) is 5.13 Å². The summed E-state index contributed by atoms with van der Waals surface area (Å²) in [5.41, 5.74) is 3.03. The standard InChI is InChI=1S/C23H26FN3O2S/c1-16-7-8-18(17(2)15-16)22(28)27(10-4-9-26-11-13-29-14-12-26)23-25-21-19(24)5-3-6-20(21)30-23/h3,5-8,15H,4,9-14H2,1-2H3. The minimum Gasteiger partial charge on any atom is -0.379 e. The minimum absolute atomic E-state index is 0.0889. The number of halogens is 1. The zero-order valence-electron chi connectivity index (χ0n) is 17.4. The third-order valence-corrected chi connectivity index (χ3v) is 6.45. The number of morpholine rings is 1. The van der Waals surface area contributed by atoms with Crippen molar-refractivity contribution in [2.75, 3.05) is 44.3 Å². The van der Waals surface area contributed by atoms with Crippen molar-refractivity contribution in [3.63, 3.8) is 0 Å². The molecule has 7 heteroatoms. The Morgan fingerprint density at radius 2 is 2.03 bits per heavy atom. The Morgan fingerprint density at radius 3 is 2.77 bits per heavy atom. The Bertz CT molecular complexity index is 1050. The molecular formula is C23H26FN3O2S. The molecule has 2 aromatic carbocycles. The van der Waals surface area contributed by atoms with E-state index in [0.29, 0.717) is 22.8 Å². The first kappa shape index (κ1) is 20.9. The van der Waals surface area contributed by atoms with Crippen molar-refractivity contribution in [3.8, 4) is 0 Å². The lowest BCUT2D eigenvalue weighted by molar-refractivity contribution is 0.0376. The van der Waals surface area contributed by atoms with E-state index in [1.165, 1.54) is 17.4 Å². The van der Waals surface area contributed by atoms with Crippen LogP contribution >= 0.6 is 11.3 Å². The number of benzene rings is 2. The van der Waals surface area contributed by atoms with Crippen molar-refractivity contribution in [1.29, 1.82) is 0 Å². The Hall–Kier alpha value is -2.35. The molecule has 1 aromatic heterocycles. The van der Waals surface area contributed by atoms with Gasteiger partial charge in [0.05, 0.1) is 17.9 Å². The quantitative estimate of drug-likeness (QED) is 0.584. The van der Waals surface area contributed by atoms with Crippen LogP contribution in [0.5, 0.6) is 0 Å². The molecule has 1 aliphatic rings. The number of anilines is 1. The predicted molar refractivity (Wildman–Crippen MR) is 119 cm³/mol. The fourth-order valence-corrected chi connectivity index (χ4v) is 4.78. The van der Waals surface area contributed by atoms with Crippen molar-refractivity contribution in [2.45, 2.75) is 20.3 Å². The first-order valence-electron chi connectivity index (χ1n) is 10.3. The van der Waals surface area contributed by atoms with E-state index >= 15 is 0 Å². The largest absolute Gasteiger partial charge is 0.379 e. The van der Waals surface area contributed by atoms with Crippen LogP contribution in [0.25, 0.3) is 10.2 Å². The van der Waals surface area contributed by atoms with Gasteiger partial charge < -0.3 is 4.74 Å². The summed E-state index contributed by atoms with van der Waals surface area (Å²) in [5, 5.41) is 0.544. The third-order valence-electron chi connectivity index (χ3n) is 5.41. The lowest BCUT2D eigenvalue weighted by Gasteiger charge is -2.28. The second-order valence-electron chi connectivity index (χ2n) is 7.67. The number of amides is 1. The van der Waals surface area contributed by atoms with E-state index < -0.39 is 0 Å². The van der Waals surface area contributed by atoms with Crippen LogP contribution in [0.3, 0.4) is 0 Å². The zero-order chi connectivity index (χ0) is 21.1. The molecule has 0 atom stereocenters. The molecule has 0 aliphatic carbocycles. The molecule has 1 amide bonds. The number of hydrogen-bond donors (Lipinski definition) is 0. The molecule has 2 heterocycles. The van der Waals surface area contributed by atoms with Gasteiger partial charge in [-0.1, -0.05) is 35.1 Å². The average Bonchev–Trinajstić information content (AvgIpc) is 3.17. The lowest BCUT2D eigenvalue weighted by atomic mass is 10.0. The van der Waals surface area contributed by atoms with Gasteiger partial charge in [-0.3, -0.25) is 14.6 Å². The Balaban J connectivity index is 1.61. The first-order chi connectivity index (χ1) is 14.5. The fraction of sp³-hybridized carbons (Fsp3) is 0.391. The smallest absolute Gasteiger partial charge is 0.260 e. The number of ether oxygens (including phenoxy) is 1. The molecule has 0 bridgehead atoms. The van der Waals surface area contributed by atoms with Gasteiger partial charge in [0.2, 0.25) is 0 Å². The van der Waals surface area contributed by atoms with Gasteiger partial charge in [-0.05, 0) is 44.0 Å². The van der Waals surface area contributed by atoms with Crippen LogP contribution in [0.2, 0.25) is 0 Å². The molecule has 158 valence electrons. The van der Waals surface area contributed by atoms with Crippen LogP contribution in [0.4, 0.5) is 9.52 Å². The van der Waals surface area contributed by atoms with Gasteiger partial charge in [-0.15, -0.1) is 0 Å². The average molecular weight is 428 g/mol. The van der Waals surface area contributed by atoms with Crippen LogP contribution in [0.15, 0.2) is 36.4 Å². The van der Waals surface area contributed by atoms with E-state index in [1.807, 2.05) is 38.1 Å². The molecule has 4 rings (SSSR count). The van der Waals surface area contributed by atoms with Gasteiger partial charge in [-0.25, -0.2) is 9.37 Å². The molecular weight excluding hydrogens is 401 g/mol. The molecule has 5 nitrogen and oxygen atoms in total. The highest BCUT2D eigenvalue weighted by atomic mass is 32.1. The van der Waals surface area contributed by atoms with Crippen LogP contribution in [0, 0.1) is 19.7 Å². The summed E-state index contributed by atoms with van der Waals surface area (Å²) in [6.45, 7) is 8.71. The SMILES string of the molecule is Cc1ccc(C(=O)N(CCCN2CCOCC2)c2nc3c(F)cccc3s2)c(C)c1. The second kappa shape index (κ2) is 9.20. The summed E-state index contributed by atoms with van der Waals surface area (Å²) in [7, 11) is 0. The van der Waals surface area contributed by atoms with Crippen LogP contribution in [0.1, 0.15) is 27.9 Å². The van der Waals surface area contributed by atoms with Crippen LogP contribution in [-0.4, -0.2) is 55.2 Å². The number of nitrogens with zero attached hydrogens (tertiary/aromatic N) is 3. The number of carbonyl (C=O) groups excluding carboxylic acids is 1. The number of rotatable bonds is 6. The van der Waals surface area contributed by atoms with Crippen molar-refractivity contribution in [2.24, 2.45) is 0 Å². The number of aromatic nitrogens is 1. The topological polar surface area (TPSA) is 45.7 Å². The molecule has 0 radical (unpaired) electrons. The predicted octanol–water partition coefficient (Wildman–Crippen LogP) is 4.42. The number of aryl methyl sites for hydroxylation is 2. The molecule has 3 aromatic rings. The molecule has 1 aliphatic heterocycles. The highest BCUT2D eigenvalue weighted by Gasteiger charge is 2.23. The van der Waals surface area contributed by atoms with E-state index in [2.05, 4.69) is 9.88 Å². The minimum atomic E-state index is -0.359. The molecule has 1 saturated heterocycles. The molecule has 0 unspecified atom stereocenters. The van der Waals surface area contributed by atoms with E-state index in [0.717, 1.165) is 55.1 Å². The summed E-state index contributed by atoms with van der Waals surface area (Å²) in [6.07, 6.45) is 0.815. The van der Waals surface area contributed by atoms with E-state index in [-0.39, 0.29) is 11.7 Å². The van der Waals surface area contributed by atoms with Crippen molar-refractivity contribution < 1.29 is 13.9 Å². The van der Waals surface area contributed by atoms with Crippen LogP contribution < -0.4 is 4.90 Å². The fourth-order valence-electron chi connectivity index (χ4n) is 3.78. The second-order valence-corrected chi connectivity index (χ2v) is 8.67.